The van der Waals surface area contributed by atoms with Crippen LogP contribution in [0.15, 0.2) is 36.5 Å². The van der Waals surface area contributed by atoms with Gasteiger partial charge < -0.3 is 15.4 Å². The van der Waals surface area contributed by atoms with E-state index in [1.165, 1.54) is 12.0 Å². The Morgan fingerprint density at radius 2 is 1.79 bits per heavy atom. The molecule has 5 rings (SSSR count). The maximum absolute atomic E-state index is 13.7. The zero-order chi connectivity index (χ0) is 23.7. The van der Waals surface area contributed by atoms with Gasteiger partial charge >= 0.3 is 0 Å². The molecule has 0 radical (unpaired) electrons. The summed E-state index contributed by atoms with van der Waals surface area (Å²) in [6.45, 7) is 3.89. The van der Waals surface area contributed by atoms with Crippen LogP contribution in [0.5, 0.6) is 0 Å². The maximum atomic E-state index is 13.7. The van der Waals surface area contributed by atoms with Gasteiger partial charge in [0, 0.05) is 32.1 Å². The fourth-order valence-corrected chi connectivity index (χ4v) is 5.79. The van der Waals surface area contributed by atoms with E-state index in [4.69, 9.17) is 4.74 Å². The summed E-state index contributed by atoms with van der Waals surface area (Å²) in [5.41, 5.74) is 2.64. The number of carbonyl (C=O) groups is 2. The number of aromatic nitrogens is 2. The lowest BCUT2D eigenvalue weighted by molar-refractivity contribution is -0.121. The molecule has 7 heteroatoms. The van der Waals surface area contributed by atoms with Gasteiger partial charge in [0.2, 0.25) is 5.91 Å². The molecule has 1 aromatic carbocycles. The second-order valence-electron chi connectivity index (χ2n) is 10.7. The van der Waals surface area contributed by atoms with E-state index in [0.29, 0.717) is 17.5 Å². The van der Waals surface area contributed by atoms with E-state index in [-0.39, 0.29) is 23.1 Å². The highest BCUT2D eigenvalue weighted by Crippen LogP contribution is 2.58. The Labute approximate surface area is 201 Å². The summed E-state index contributed by atoms with van der Waals surface area (Å²) < 4.78 is 7.03. The molecule has 3 aliphatic rings. The monoisotopic (exact) mass is 464 g/mol. The molecule has 2 N–H and O–H groups in total. The molecule has 2 aromatic rings. The number of anilines is 1. The molecule has 0 bridgehead atoms. The Morgan fingerprint density at radius 3 is 2.35 bits per heavy atom. The SMILES string of the molecule is Cn1nccc1C(=O)N[C@H](C(=O)Nc1ccc(C2CCOCC2)cc1)C(C1CCC1)C1(C)CC1. The summed E-state index contributed by atoms with van der Waals surface area (Å²) in [6.07, 6.45) is 9.37. The van der Waals surface area contributed by atoms with Gasteiger partial charge in [-0.1, -0.05) is 38.3 Å². The number of ether oxygens (including phenoxy) is 1. The van der Waals surface area contributed by atoms with E-state index >= 15 is 0 Å². The van der Waals surface area contributed by atoms with E-state index in [1.807, 2.05) is 12.1 Å². The molecule has 7 nitrogen and oxygen atoms in total. The Hall–Kier alpha value is -2.67. The molecule has 34 heavy (non-hydrogen) atoms. The van der Waals surface area contributed by atoms with Crippen molar-refractivity contribution in [2.24, 2.45) is 24.3 Å². The van der Waals surface area contributed by atoms with Crippen LogP contribution < -0.4 is 10.6 Å². The van der Waals surface area contributed by atoms with Crippen LogP contribution in [-0.2, 0) is 16.6 Å². The van der Waals surface area contributed by atoms with Crippen molar-refractivity contribution in [2.45, 2.75) is 63.8 Å². The normalized spacial score (nSPS) is 21.8. The predicted octanol–water partition coefficient (Wildman–Crippen LogP) is 4.27. The lowest BCUT2D eigenvalue weighted by Gasteiger charge is -2.42. The molecule has 2 heterocycles. The Kier molecular flexibility index (Phi) is 6.47. The number of aryl methyl sites for hydroxylation is 1. The second-order valence-corrected chi connectivity index (χ2v) is 10.7. The fourth-order valence-electron chi connectivity index (χ4n) is 5.79. The lowest BCUT2D eigenvalue weighted by atomic mass is 9.66. The summed E-state index contributed by atoms with van der Waals surface area (Å²) in [4.78, 5) is 26.8. The van der Waals surface area contributed by atoms with Gasteiger partial charge in [0.15, 0.2) is 0 Å². The highest BCUT2D eigenvalue weighted by Gasteiger charge is 2.54. The van der Waals surface area contributed by atoms with Gasteiger partial charge in [-0.3, -0.25) is 14.3 Å². The van der Waals surface area contributed by atoms with Crippen LogP contribution >= 0.6 is 0 Å². The number of amides is 2. The lowest BCUT2D eigenvalue weighted by Crippen LogP contribution is -2.54. The molecule has 1 aliphatic heterocycles. The highest BCUT2D eigenvalue weighted by atomic mass is 16.5. The van der Waals surface area contributed by atoms with Crippen molar-refractivity contribution in [3.05, 3.63) is 47.8 Å². The first-order chi connectivity index (χ1) is 16.4. The third-order valence-corrected chi connectivity index (χ3v) is 8.35. The van der Waals surface area contributed by atoms with Crippen LogP contribution in [-0.4, -0.2) is 40.9 Å². The zero-order valence-corrected chi connectivity index (χ0v) is 20.3. The number of benzene rings is 1. The first-order valence-corrected chi connectivity index (χ1v) is 12.7. The molecular weight excluding hydrogens is 428 g/mol. The largest absolute Gasteiger partial charge is 0.381 e. The summed E-state index contributed by atoms with van der Waals surface area (Å²) in [5.74, 6) is 0.760. The minimum Gasteiger partial charge on any atom is -0.381 e. The molecule has 2 amide bonds. The second kappa shape index (κ2) is 9.53. The van der Waals surface area contributed by atoms with Gasteiger partial charge in [0.25, 0.3) is 5.91 Å². The number of rotatable bonds is 8. The summed E-state index contributed by atoms with van der Waals surface area (Å²) in [6, 6.07) is 9.31. The van der Waals surface area contributed by atoms with Crippen molar-refractivity contribution >= 4 is 17.5 Å². The molecule has 2 atom stereocenters. The molecular formula is C27H36N4O3. The molecule has 182 valence electrons. The van der Waals surface area contributed by atoms with Crippen LogP contribution in [0.4, 0.5) is 5.69 Å². The van der Waals surface area contributed by atoms with E-state index < -0.39 is 6.04 Å². The molecule has 3 fully saturated rings. The first kappa shape index (κ1) is 23.1. The number of nitrogens with one attached hydrogen (secondary N) is 2. The minimum atomic E-state index is -0.574. The molecule has 1 saturated heterocycles. The van der Waals surface area contributed by atoms with E-state index in [0.717, 1.165) is 57.4 Å². The van der Waals surface area contributed by atoms with Gasteiger partial charge in [0.1, 0.15) is 11.7 Å². The third-order valence-electron chi connectivity index (χ3n) is 8.35. The van der Waals surface area contributed by atoms with Gasteiger partial charge in [-0.2, -0.15) is 5.10 Å². The van der Waals surface area contributed by atoms with Crippen molar-refractivity contribution in [3.8, 4) is 0 Å². The molecule has 1 aromatic heterocycles. The van der Waals surface area contributed by atoms with Gasteiger partial charge in [-0.15, -0.1) is 0 Å². The standard InChI is InChI=1S/C27H36N4O3/c1-27(13-14-27)23(20-4-3-5-20)24(30-25(32)22-10-15-28-31(22)2)26(33)29-21-8-6-18(7-9-21)19-11-16-34-17-12-19/h6-10,15,19-20,23-24H,3-5,11-14,16-17H2,1-2H3,(H,29,33)(H,30,32)/t23?,24-/m0/s1. The maximum Gasteiger partial charge on any atom is 0.270 e. The molecule has 1 unspecified atom stereocenters. The summed E-state index contributed by atoms with van der Waals surface area (Å²) in [7, 11) is 1.75. The van der Waals surface area contributed by atoms with E-state index in [1.54, 1.807) is 24.0 Å². The van der Waals surface area contributed by atoms with E-state index in [2.05, 4.69) is 34.8 Å². The van der Waals surface area contributed by atoms with Crippen molar-refractivity contribution in [1.82, 2.24) is 15.1 Å². The van der Waals surface area contributed by atoms with Gasteiger partial charge in [-0.25, -0.2) is 0 Å². The number of hydrogen-bond donors (Lipinski definition) is 2. The highest BCUT2D eigenvalue weighted by molar-refractivity contribution is 6.00. The molecule has 2 saturated carbocycles. The fraction of sp³-hybridized carbons (Fsp3) is 0.593. The average Bonchev–Trinajstić information content (AvgIpc) is 3.41. The van der Waals surface area contributed by atoms with Crippen molar-refractivity contribution in [2.75, 3.05) is 18.5 Å². The van der Waals surface area contributed by atoms with Crippen molar-refractivity contribution in [3.63, 3.8) is 0 Å². The number of nitrogens with zero attached hydrogens (tertiary/aromatic N) is 2. The summed E-state index contributed by atoms with van der Waals surface area (Å²) >= 11 is 0. The van der Waals surface area contributed by atoms with Crippen molar-refractivity contribution < 1.29 is 14.3 Å². The third kappa shape index (κ3) is 4.76. The molecule has 0 spiro atoms. The van der Waals surface area contributed by atoms with Crippen LogP contribution in [0.25, 0.3) is 0 Å². The quantitative estimate of drug-likeness (QED) is 0.611. The topological polar surface area (TPSA) is 85.2 Å². The number of carbonyl (C=O) groups excluding carboxylic acids is 2. The Morgan fingerprint density at radius 1 is 1.09 bits per heavy atom. The Bertz CT molecular complexity index is 1020. The van der Waals surface area contributed by atoms with Gasteiger partial charge in [0.05, 0.1) is 0 Å². The average molecular weight is 465 g/mol. The van der Waals surface area contributed by atoms with Crippen LogP contribution in [0.3, 0.4) is 0 Å². The molecule has 2 aliphatic carbocycles. The predicted molar refractivity (Wildman–Crippen MR) is 130 cm³/mol. The summed E-state index contributed by atoms with van der Waals surface area (Å²) in [5, 5.41) is 10.4. The minimum absolute atomic E-state index is 0.111. The zero-order valence-electron chi connectivity index (χ0n) is 20.3. The Balaban J connectivity index is 1.35. The van der Waals surface area contributed by atoms with Crippen LogP contribution in [0, 0.1) is 17.3 Å². The van der Waals surface area contributed by atoms with E-state index in [9.17, 15) is 9.59 Å². The smallest absolute Gasteiger partial charge is 0.270 e. The van der Waals surface area contributed by atoms with Crippen LogP contribution in [0.2, 0.25) is 0 Å². The van der Waals surface area contributed by atoms with Crippen molar-refractivity contribution in [1.29, 1.82) is 0 Å². The number of hydrogen-bond acceptors (Lipinski definition) is 4. The van der Waals surface area contributed by atoms with Gasteiger partial charge in [-0.05, 0) is 72.6 Å². The first-order valence-electron chi connectivity index (χ1n) is 12.7. The van der Waals surface area contributed by atoms with Crippen LogP contribution in [0.1, 0.15) is 73.8 Å².